The van der Waals surface area contributed by atoms with Gasteiger partial charge in [-0.25, -0.2) is 0 Å². The molecule has 80 valence electrons. The van der Waals surface area contributed by atoms with Gasteiger partial charge in [-0.15, -0.1) is 0 Å². The van der Waals surface area contributed by atoms with Gasteiger partial charge in [0.2, 0.25) is 0 Å². The van der Waals surface area contributed by atoms with Crippen LogP contribution in [0.2, 0.25) is 0 Å². The van der Waals surface area contributed by atoms with Crippen molar-refractivity contribution in [3.05, 3.63) is 11.9 Å². The Bertz CT molecular complexity index is 260. The highest BCUT2D eigenvalue weighted by Gasteiger charge is 2.13. The molecule has 0 aliphatic rings. The fourth-order valence-corrected chi connectivity index (χ4v) is 1.24. The highest BCUT2D eigenvalue weighted by Crippen LogP contribution is 2.19. The zero-order valence-corrected chi connectivity index (χ0v) is 8.47. The summed E-state index contributed by atoms with van der Waals surface area (Å²) < 4.78 is 6.65. The van der Waals surface area contributed by atoms with Gasteiger partial charge >= 0.3 is 0 Å². The monoisotopic (exact) mass is 200 g/mol. The van der Waals surface area contributed by atoms with Gasteiger partial charge in [-0.2, -0.15) is 5.10 Å². The summed E-state index contributed by atoms with van der Waals surface area (Å²) in [7, 11) is 1.58. The van der Waals surface area contributed by atoms with E-state index in [4.69, 9.17) is 14.9 Å². The second-order valence-electron chi connectivity index (χ2n) is 3.00. The summed E-state index contributed by atoms with van der Waals surface area (Å²) >= 11 is 0. The standard InChI is InChI=1S/C9H16N2O3/c1-3-8-9(14-2)4-11(10-8)7(5-12)6-13/h4,7,12-13H,3,5-6H2,1-2H3. The van der Waals surface area contributed by atoms with Gasteiger partial charge in [0.25, 0.3) is 0 Å². The third-order valence-corrected chi connectivity index (χ3v) is 2.12. The summed E-state index contributed by atoms with van der Waals surface area (Å²) in [6, 6.07) is -0.385. The van der Waals surface area contributed by atoms with Crippen LogP contribution in [0, 0.1) is 0 Å². The smallest absolute Gasteiger partial charge is 0.159 e. The molecule has 0 atom stereocenters. The van der Waals surface area contributed by atoms with Crippen LogP contribution in [-0.2, 0) is 6.42 Å². The predicted octanol–water partition coefficient (Wildman–Crippen LogP) is -0.0202. The first-order chi connectivity index (χ1) is 6.76. The fourth-order valence-electron chi connectivity index (χ4n) is 1.24. The summed E-state index contributed by atoms with van der Waals surface area (Å²) in [5.74, 6) is 0.694. The molecule has 1 heterocycles. The largest absolute Gasteiger partial charge is 0.493 e. The predicted molar refractivity (Wildman–Crippen MR) is 51.4 cm³/mol. The SMILES string of the molecule is CCc1nn(C(CO)CO)cc1OC. The Hall–Kier alpha value is -1.07. The first kappa shape index (κ1) is 11.0. The van der Waals surface area contributed by atoms with Crippen molar-refractivity contribution >= 4 is 0 Å². The number of rotatable bonds is 5. The van der Waals surface area contributed by atoms with Crippen LogP contribution in [-0.4, -0.2) is 40.3 Å². The summed E-state index contributed by atoms with van der Waals surface area (Å²) in [4.78, 5) is 0. The molecule has 0 saturated carbocycles. The Balaban J connectivity index is 2.93. The van der Waals surface area contributed by atoms with Crippen molar-refractivity contribution in [1.29, 1.82) is 0 Å². The highest BCUT2D eigenvalue weighted by molar-refractivity contribution is 5.24. The first-order valence-corrected chi connectivity index (χ1v) is 4.60. The zero-order chi connectivity index (χ0) is 10.6. The van der Waals surface area contributed by atoms with E-state index in [1.54, 1.807) is 13.3 Å². The molecular formula is C9H16N2O3. The van der Waals surface area contributed by atoms with Gasteiger partial charge in [0, 0.05) is 0 Å². The molecule has 0 unspecified atom stereocenters. The Morgan fingerprint density at radius 3 is 2.50 bits per heavy atom. The lowest BCUT2D eigenvalue weighted by molar-refractivity contribution is 0.146. The lowest BCUT2D eigenvalue weighted by Crippen LogP contribution is -2.17. The molecule has 0 aliphatic carbocycles. The molecule has 0 spiro atoms. The van der Waals surface area contributed by atoms with E-state index in [0.717, 1.165) is 12.1 Å². The van der Waals surface area contributed by atoms with Crippen LogP contribution in [0.1, 0.15) is 18.7 Å². The van der Waals surface area contributed by atoms with Gasteiger partial charge in [0.05, 0.1) is 32.6 Å². The molecule has 1 aromatic heterocycles. The Kier molecular flexibility index (Phi) is 3.91. The van der Waals surface area contributed by atoms with Crippen molar-refractivity contribution in [2.45, 2.75) is 19.4 Å². The maximum Gasteiger partial charge on any atom is 0.159 e. The average molecular weight is 200 g/mol. The lowest BCUT2D eigenvalue weighted by atomic mass is 10.3. The van der Waals surface area contributed by atoms with Crippen LogP contribution in [0.4, 0.5) is 0 Å². The first-order valence-electron chi connectivity index (χ1n) is 4.60. The molecule has 2 N–H and O–H groups in total. The quantitative estimate of drug-likeness (QED) is 0.701. The van der Waals surface area contributed by atoms with Crippen LogP contribution >= 0.6 is 0 Å². The van der Waals surface area contributed by atoms with E-state index in [2.05, 4.69) is 5.10 Å². The molecule has 0 saturated heterocycles. The number of aliphatic hydroxyl groups is 2. The van der Waals surface area contributed by atoms with Crippen molar-refractivity contribution in [3.8, 4) is 5.75 Å². The number of aromatic nitrogens is 2. The third-order valence-electron chi connectivity index (χ3n) is 2.12. The maximum atomic E-state index is 8.96. The van der Waals surface area contributed by atoms with Gasteiger partial charge in [-0.05, 0) is 6.42 Å². The van der Waals surface area contributed by atoms with Crippen molar-refractivity contribution in [2.75, 3.05) is 20.3 Å². The maximum absolute atomic E-state index is 8.96. The third kappa shape index (κ3) is 2.05. The van der Waals surface area contributed by atoms with Crippen molar-refractivity contribution in [3.63, 3.8) is 0 Å². The van der Waals surface area contributed by atoms with Crippen molar-refractivity contribution in [1.82, 2.24) is 9.78 Å². The molecule has 5 heteroatoms. The topological polar surface area (TPSA) is 67.5 Å². The second-order valence-corrected chi connectivity index (χ2v) is 3.00. The Morgan fingerprint density at radius 2 is 2.14 bits per heavy atom. The molecule has 0 fully saturated rings. The van der Waals surface area contributed by atoms with Crippen molar-refractivity contribution in [2.24, 2.45) is 0 Å². The minimum atomic E-state index is -0.385. The molecule has 5 nitrogen and oxygen atoms in total. The van der Waals surface area contributed by atoms with Gasteiger partial charge in [0.1, 0.15) is 5.69 Å². The van der Waals surface area contributed by atoms with Crippen LogP contribution in [0.15, 0.2) is 6.20 Å². The van der Waals surface area contributed by atoms with Crippen LogP contribution in [0.3, 0.4) is 0 Å². The molecule has 0 amide bonds. The highest BCUT2D eigenvalue weighted by atomic mass is 16.5. The number of hydrogen-bond donors (Lipinski definition) is 2. The van der Waals surface area contributed by atoms with E-state index < -0.39 is 0 Å². The van der Waals surface area contributed by atoms with Gasteiger partial charge in [-0.3, -0.25) is 4.68 Å². The van der Waals surface area contributed by atoms with Crippen LogP contribution < -0.4 is 4.74 Å². The van der Waals surface area contributed by atoms with Crippen LogP contribution in [0.25, 0.3) is 0 Å². The number of aliphatic hydroxyl groups excluding tert-OH is 2. The fraction of sp³-hybridized carbons (Fsp3) is 0.667. The summed E-state index contributed by atoms with van der Waals surface area (Å²) in [5.41, 5.74) is 0.833. The molecule has 1 aromatic rings. The summed E-state index contributed by atoms with van der Waals surface area (Å²) in [6.07, 6.45) is 2.45. The zero-order valence-electron chi connectivity index (χ0n) is 8.47. The van der Waals surface area contributed by atoms with E-state index >= 15 is 0 Å². The molecule has 0 bridgehead atoms. The normalized spacial score (nSPS) is 10.9. The Morgan fingerprint density at radius 1 is 1.50 bits per heavy atom. The molecule has 0 aromatic carbocycles. The molecule has 1 rings (SSSR count). The number of hydrogen-bond acceptors (Lipinski definition) is 4. The summed E-state index contributed by atoms with van der Waals surface area (Å²) in [5, 5.41) is 22.1. The lowest BCUT2D eigenvalue weighted by Gasteiger charge is -2.10. The van der Waals surface area contributed by atoms with E-state index in [0.29, 0.717) is 5.75 Å². The van der Waals surface area contributed by atoms with Gasteiger partial charge in [0.15, 0.2) is 5.75 Å². The van der Waals surface area contributed by atoms with Gasteiger partial charge < -0.3 is 14.9 Å². The van der Waals surface area contributed by atoms with E-state index in [1.807, 2.05) is 6.92 Å². The average Bonchev–Trinajstić information content (AvgIpc) is 2.63. The molecule has 0 radical (unpaired) electrons. The minimum Gasteiger partial charge on any atom is -0.493 e. The van der Waals surface area contributed by atoms with Crippen LogP contribution in [0.5, 0.6) is 5.75 Å². The number of methoxy groups -OCH3 is 1. The molecular weight excluding hydrogens is 184 g/mol. The second kappa shape index (κ2) is 4.97. The number of aryl methyl sites for hydroxylation is 1. The molecule has 14 heavy (non-hydrogen) atoms. The van der Waals surface area contributed by atoms with E-state index in [-0.39, 0.29) is 19.3 Å². The summed E-state index contributed by atoms with van der Waals surface area (Å²) in [6.45, 7) is 1.71. The van der Waals surface area contributed by atoms with Crippen molar-refractivity contribution < 1.29 is 14.9 Å². The minimum absolute atomic E-state index is 0.134. The van der Waals surface area contributed by atoms with Gasteiger partial charge in [-0.1, -0.05) is 6.92 Å². The Labute approximate surface area is 82.9 Å². The van der Waals surface area contributed by atoms with E-state index in [1.165, 1.54) is 4.68 Å². The molecule has 0 aliphatic heterocycles. The number of nitrogens with zero attached hydrogens (tertiary/aromatic N) is 2. The number of ether oxygens (including phenoxy) is 1. The van der Waals surface area contributed by atoms with E-state index in [9.17, 15) is 0 Å².